The molecule has 1 heterocycles. The van der Waals surface area contributed by atoms with Crippen LogP contribution in [0, 0.1) is 0 Å². The Morgan fingerprint density at radius 1 is 0.971 bits per heavy atom. The summed E-state index contributed by atoms with van der Waals surface area (Å²) in [5.41, 5.74) is -0.784. The summed E-state index contributed by atoms with van der Waals surface area (Å²) in [6.45, 7) is 0. The molecule has 0 bridgehead atoms. The lowest BCUT2D eigenvalue weighted by Gasteiger charge is -2.09. The van der Waals surface area contributed by atoms with Crippen LogP contribution in [0.4, 0.5) is 11.4 Å². The van der Waals surface area contributed by atoms with Gasteiger partial charge in [-0.1, -0.05) is 18.2 Å². The molecule has 4 rings (SSSR count). The van der Waals surface area contributed by atoms with E-state index in [-0.39, 0.29) is 10.5 Å². The Balaban J connectivity index is 1.58. The summed E-state index contributed by atoms with van der Waals surface area (Å²) in [5.74, 6) is 0.0239. The Morgan fingerprint density at radius 3 is 2.26 bits per heavy atom. The van der Waals surface area contributed by atoms with Crippen molar-refractivity contribution in [1.29, 1.82) is 0 Å². The van der Waals surface area contributed by atoms with Crippen LogP contribution in [0.25, 0.3) is 5.69 Å². The van der Waals surface area contributed by atoms with E-state index in [1.807, 2.05) is 0 Å². The van der Waals surface area contributed by atoms with Crippen LogP contribution < -0.4 is 20.7 Å². The van der Waals surface area contributed by atoms with Gasteiger partial charge in [-0.3, -0.25) is 19.5 Å². The first kappa shape index (κ1) is 23.5. The van der Waals surface area contributed by atoms with Crippen molar-refractivity contribution >= 4 is 27.6 Å². The average molecular weight is 493 g/mol. The molecule has 0 aliphatic rings. The average Bonchev–Trinajstić information content (AvgIpc) is 2.85. The maximum absolute atomic E-state index is 12.6. The standard InChI is InChI=1S/C24H20N4O6S/c1-34-19-11-7-17(8-12-19)27-35(32,33)20-13-9-16(10-14-20)25-15-21-22(29)26-24(31)28(23(21)30)18-5-3-2-4-6-18/h2-15,27,30H,1H3,(H,26,29,31). The van der Waals surface area contributed by atoms with Crippen molar-refractivity contribution in [3.63, 3.8) is 0 Å². The number of benzene rings is 3. The number of ether oxygens (including phenoxy) is 1. The lowest BCUT2D eigenvalue weighted by atomic mass is 10.3. The molecular formula is C24H20N4O6S. The van der Waals surface area contributed by atoms with Crippen molar-refractivity contribution in [2.45, 2.75) is 4.90 Å². The topological polar surface area (TPSA) is 143 Å². The van der Waals surface area contributed by atoms with Gasteiger partial charge >= 0.3 is 5.69 Å². The molecule has 178 valence electrons. The molecule has 3 aromatic carbocycles. The molecule has 0 fully saturated rings. The molecular weight excluding hydrogens is 472 g/mol. The quantitative estimate of drug-likeness (QED) is 0.339. The van der Waals surface area contributed by atoms with Gasteiger partial charge in [-0.25, -0.2) is 17.8 Å². The molecule has 10 nitrogen and oxygen atoms in total. The summed E-state index contributed by atoms with van der Waals surface area (Å²) in [6.07, 6.45) is 1.10. The van der Waals surface area contributed by atoms with E-state index in [0.717, 1.165) is 10.8 Å². The zero-order valence-corrected chi connectivity index (χ0v) is 19.2. The highest BCUT2D eigenvalue weighted by Crippen LogP contribution is 2.22. The second kappa shape index (κ2) is 9.69. The number of H-pyrrole nitrogens is 1. The van der Waals surface area contributed by atoms with E-state index in [1.165, 1.54) is 31.4 Å². The monoisotopic (exact) mass is 492 g/mol. The Bertz CT molecular complexity index is 1590. The van der Waals surface area contributed by atoms with Crippen molar-refractivity contribution in [3.05, 3.63) is 105 Å². The summed E-state index contributed by atoms with van der Waals surface area (Å²) < 4.78 is 33.8. The molecule has 0 radical (unpaired) electrons. The maximum atomic E-state index is 12.6. The van der Waals surface area contributed by atoms with Crippen LogP contribution in [-0.4, -0.2) is 36.4 Å². The highest BCUT2D eigenvalue weighted by molar-refractivity contribution is 7.92. The van der Waals surface area contributed by atoms with Crippen molar-refractivity contribution in [2.24, 2.45) is 4.99 Å². The Kier molecular flexibility index (Phi) is 6.51. The number of rotatable bonds is 7. The summed E-state index contributed by atoms with van der Waals surface area (Å²) >= 11 is 0. The van der Waals surface area contributed by atoms with Gasteiger partial charge in [0.05, 0.1) is 23.4 Å². The summed E-state index contributed by atoms with van der Waals surface area (Å²) in [7, 11) is -2.33. The van der Waals surface area contributed by atoms with Gasteiger partial charge < -0.3 is 9.84 Å². The minimum absolute atomic E-state index is 0.00518. The number of aliphatic imine (C=N–C) groups is 1. The number of para-hydroxylation sites is 1. The number of nitrogens with one attached hydrogen (secondary N) is 2. The zero-order chi connectivity index (χ0) is 25.0. The summed E-state index contributed by atoms with van der Waals surface area (Å²) in [4.78, 5) is 30.8. The number of aromatic amines is 1. The van der Waals surface area contributed by atoms with Gasteiger partial charge in [-0.2, -0.15) is 0 Å². The molecule has 0 aliphatic carbocycles. The molecule has 3 N–H and O–H groups in total. The number of nitrogens with zero attached hydrogens (tertiary/aromatic N) is 2. The number of hydrogen-bond donors (Lipinski definition) is 3. The van der Waals surface area contributed by atoms with E-state index in [9.17, 15) is 23.1 Å². The van der Waals surface area contributed by atoms with E-state index < -0.39 is 27.2 Å². The molecule has 11 heteroatoms. The molecule has 0 saturated carbocycles. The largest absolute Gasteiger partial charge is 0.497 e. The van der Waals surface area contributed by atoms with Crippen LogP contribution >= 0.6 is 0 Å². The van der Waals surface area contributed by atoms with Gasteiger partial charge in [0.15, 0.2) is 0 Å². The van der Waals surface area contributed by atoms with E-state index in [0.29, 0.717) is 22.8 Å². The van der Waals surface area contributed by atoms with Crippen LogP contribution in [0.3, 0.4) is 0 Å². The lowest BCUT2D eigenvalue weighted by molar-refractivity contribution is 0.415. The fourth-order valence-corrected chi connectivity index (χ4v) is 4.25. The minimum atomic E-state index is -3.85. The third kappa shape index (κ3) is 5.14. The molecule has 4 aromatic rings. The van der Waals surface area contributed by atoms with Gasteiger partial charge in [-0.05, 0) is 60.7 Å². The Morgan fingerprint density at radius 2 is 1.63 bits per heavy atom. The van der Waals surface area contributed by atoms with E-state index >= 15 is 0 Å². The van der Waals surface area contributed by atoms with Crippen LogP contribution in [0.5, 0.6) is 11.6 Å². The number of sulfonamides is 1. The van der Waals surface area contributed by atoms with Gasteiger partial charge in [0.2, 0.25) is 5.88 Å². The molecule has 0 aliphatic heterocycles. The fourth-order valence-electron chi connectivity index (χ4n) is 3.20. The van der Waals surface area contributed by atoms with Crippen molar-refractivity contribution in [3.8, 4) is 17.3 Å². The molecule has 35 heavy (non-hydrogen) atoms. The molecule has 0 amide bonds. The third-order valence-corrected chi connectivity index (χ3v) is 6.36. The number of aromatic nitrogens is 2. The molecule has 0 saturated heterocycles. The maximum Gasteiger partial charge on any atom is 0.335 e. The number of hydrogen-bond acceptors (Lipinski definition) is 7. The Hall–Kier alpha value is -4.64. The van der Waals surface area contributed by atoms with Gasteiger partial charge in [0.1, 0.15) is 11.3 Å². The second-order valence-electron chi connectivity index (χ2n) is 7.25. The van der Waals surface area contributed by atoms with Crippen molar-refractivity contribution in [1.82, 2.24) is 9.55 Å². The number of aromatic hydroxyl groups is 1. The Labute approximate surface area is 199 Å². The summed E-state index contributed by atoms with van der Waals surface area (Å²) in [5, 5.41) is 10.6. The van der Waals surface area contributed by atoms with Gasteiger partial charge in [0, 0.05) is 11.9 Å². The molecule has 1 aromatic heterocycles. The molecule has 0 spiro atoms. The second-order valence-corrected chi connectivity index (χ2v) is 8.94. The fraction of sp³-hybridized carbons (Fsp3) is 0.0417. The van der Waals surface area contributed by atoms with Crippen LogP contribution in [-0.2, 0) is 10.0 Å². The predicted octanol–water partition coefficient (Wildman–Crippen LogP) is 2.79. The van der Waals surface area contributed by atoms with Crippen molar-refractivity contribution < 1.29 is 18.3 Å². The smallest absolute Gasteiger partial charge is 0.335 e. The van der Waals surface area contributed by atoms with Gasteiger partial charge in [-0.15, -0.1) is 0 Å². The van der Waals surface area contributed by atoms with Crippen LogP contribution in [0.1, 0.15) is 5.56 Å². The first-order chi connectivity index (χ1) is 16.8. The molecule has 0 atom stereocenters. The highest BCUT2D eigenvalue weighted by atomic mass is 32.2. The first-order valence-corrected chi connectivity index (χ1v) is 11.7. The lowest BCUT2D eigenvalue weighted by Crippen LogP contribution is -2.31. The van der Waals surface area contributed by atoms with E-state index in [2.05, 4.69) is 14.7 Å². The molecule has 0 unspecified atom stereocenters. The highest BCUT2D eigenvalue weighted by Gasteiger charge is 2.15. The van der Waals surface area contributed by atoms with E-state index in [1.54, 1.807) is 54.6 Å². The van der Waals surface area contributed by atoms with Crippen LogP contribution in [0.15, 0.2) is 98.3 Å². The van der Waals surface area contributed by atoms with Crippen LogP contribution in [0.2, 0.25) is 0 Å². The number of methoxy groups -OCH3 is 1. The predicted molar refractivity (Wildman–Crippen MR) is 132 cm³/mol. The minimum Gasteiger partial charge on any atom is -0.497 e. The van der Waals surface area contributed by atoms with E-state index in [4.69, 9.17) is 4.74 Å². The van der Waals surface area contributed by atoms with Crippen molar-refractivity contribution in [2.75, 3.05) is 11.8 Å². The first-order valence-electron chi connectivity index (χ1n) is 10.2. The van der Waals surface area contributed by atoms with Gasteiger partial charge in [0.25, 0.3) is 15.6 Å². The zero-order valence-electron chi connectivity index (χ0n) is 18.4. The number of anilines is 1. The third-order valence-electron chi connectivity index (χ3n) is 4.97. The normalized spacial score (nSPS) is 11.5. The summed E-state index contributed by atoms with van der Waals surface area (Å²) in [6, 6.07) is 20.3. The SMILES string of the molecule is COc1ccc(NS(=O)(=O)c2ccc(N=Cc3c(O)n(-c4ccccc4)c(=O)[nH]c3=O)cc2)cc1.